The zero-order valence-corrected chi connectivity index (χ0v) is 16.8. The van der Waals surface area contributed by atoms with Crippen LogP contribution in [0.15, 0.2) is 47.4 Å². The van der Waals surface area contributed by atoms with Crippen molar-refractivity contribution in [3.05, 3.63) is 58.1 Å². The number of nitrogens with zero attached hydrogens (tertiary/aromatic N) is 1. The van der Waals surface area contributed by atoms with Gasteiger partial charge in [0.1, 0.15) is 0 Å². The van der Waals surface area contributed by atoms with Gasteiger partial charge in [0.05, 0.1) is 27.2 Å². The third-order valence-electron chi connectivity index (χ3n) is 3.63. The number of halogens is 2. The Morgan fingerprint density at radius 2 is 1.59 bits per heavy atom. The van der Waals surface area contributed by atoms with Crippen LogP contribution in [0, 0.1) is 0 Å². The first-order valence-corrected chi connectivity index (χ1v) is 9.92. The van der Waals surface area contributed by atoms with Crippen molar-refractivity contribution in [3.8, 4) is 0 Å². The monoisotopic (exact) mass is 429 g/mol. The van der Waals surface area contributed by atoms with E-state index in [2.05, 4.69) is 10.0 Å². The molecule has 27 heavy (non-hydrogen) atoms. The van der Waals surface area contributed by atoms with Gasteiger partial charge in [0.25, 0.3) is 5.91 Å². The molecule has 2 amide bonds. The van der Waals surface area contributed by atoms with Gasteiger partial charge < -0.3 is 10.2 Å². The van der Waals surface area contributed by atoms with Gasteiger partial charge in [0, 0.05) is 12.6 Å². The molecule has 0 aliphatic rings. The topological polar surface area (TPSA) is 95.6 Å². The highest BCUT2D eigenvalue weighted by molar-refractivity contribution is 7.89. The van der Waals surface area contributed by atoms with E-state index in [0.717, 1.165) is 0 Å². The van der Waals surface area contributed by atoms with Gasteiger partial charge in [0.2, 0.25) is 15.9 Å². The third kappa shape index (κ3) is 5.20. The maximum Gasteiger partial charge on any atom is 0.254 e. The van der Waals surface area contributed by atoms with Crippen LogP contribution in [-0.2, 0) is 14.8 Å². The number of anilines is 1. The van der Waals surface area contributed by atoms with Gasteiger partial charge in [0.15, 0.2) is 0 Å². The van der Waals surface area contributed by atoms with Crippen molar-refractivity contribution < 1.29 is 18.0 Å². The number of hydrogen-bond acceptors (Lipinski definition) is 4. The molecule has 0 spiro atoms. The number of amides is 2. The lowest BCUT2D eigenvalue weighted by atomic mass is 10.2. The number of sulfonamides is 1. The Balaban J connectivity index is 2.06. The summed E-state index contributed by atoms with van der Waals surface area (Å²) in [4.78, 5) is 25.8. The minimum Gasteiger partial charge on any atom is -0.332 e. The summed E-state index contributed by atoms with van der Waals surface area (Å²) in [7, 11) is -0.836. The molecule has 0 atom stereocenters. The fourth-order valence-electron chi connectivity index (χ4n) is 2.20. The molecule has 7 nitrogen and oxygen atoms in total. The van der Waals surface area contributed by atoms with E-state index in [1.54, 1.807) is 18.2 Å². The Labute approximate surface area is 167 Å². The molecule has 0 saturated carbocycles. The number of hydrogen-bond donors (Lipinski definition) is 2. The molecule has 0 bridgehead atoms. The molecule has 0 unspecified atom stereocenters. The van der Waals surface area contributed by atoms with E-state index < -0.39 is 21.8 Å². The van der Waals surface area contributed by atoms with Crippen molar-refractivity contribution in [3.63, 3.8) is 0 Å². The summed E-state index contributed by atoms with van der Waals surface area (Å²) in [5.41, 5.74) is 0.518. The zero-order valence-electron chi connectivity index (χ0n) is 14.5. The Morgan fingerprint density at radius 3 is 2.11 bits per heavy atom. The van der Waals surface area contributed by atoms with Gasteiger partial charge >= 0.3 is 0 Å². The van der Waals surface area contributed by atoms with E-state index in [-0.39, 0.29) is 32.7 Å². The zero-order chi connectivity index (χ0) is 20.2. The second kappa shape index (κ2) is 8.71. The van der Waals surface area contributed by atoms with Crippen molar-refractivity contribution in [2.24, 2.45) is 0 Å². The molecule has 10 heteroatoms. The smallest absolute Gasteiger partial charge is 0.254 e. The van der Waals surface area contributed by atoms with Gasteiger partial charge in [-0.25, -0.2) is 13.1 Å². The van der Waals surface area contributed by atoms with Crippen LogP contribution in [-0.4, -0.2) is 45.8 Å². The van der Waals surface area contributed by atoms with Crippen molar-refractivity contribution in [1.82, 2.24) is 9.62 Å². The summed E-state index contributed by atoms with van der Waals surface area (Å²) in [6.07, 6.45) is 0. The number of likely N-dealkylation sites (N-methyl/N-ethyl adjacent to an activating group) is 1. The van der Waals surface area contributed by atoms with E-state index in [1.807, 2.05) is 0 Å². The molecule has 2 aromatic carbocycles. The number of rotatable bonds is 6. The average molecular weight is 430 g/mol. The van der Waals surface area contributed by atoms with Crippen LogP contribution in [0.3, 0.4) is 0 Å². The van der Waals surface area contributed by atoms with Crippen LogP contribution >= 0.6 is 23.2 Å². The molecule has 0 heterocycles. The maximum atomic E-state index is 12.4. The van der Waals surface area contributed by atoms with Crippen molar-refractivity contribution in [1.29, 1.82) is 0 Å². The third-order valence-corrected chi connectivity index (χ3v) is 5.70. The molecule has 2 aromatic rings. The van der Waals surface area contributed by atoms with Crippen LogP contribution < -0.4 is 10.0 Å². The van der Waals surface area contributed by atoms with Gasteiger partial charge in [-0.1, -0.05) is 29.3 Å². The lowest BCUT2D eigenvalue weighted by Gasteiger charge is -2.17. The lowest BCUT2D eigenvalue weighted by Crippen LogP contribution is -2.35. The predicted molar refractivity (Wildman–Crippen MR) is 105 cm³/mol. The number of para-hydroxylation sites is 1. The number of benzene rings is 2. The molecule has 2 rings (SSSR count). The largest absolute Gasteiger partial charge is 0.332 e. The second-order valence-electron chi connectivity index (χ2n) is 5.54. The normalized spacial score (nSPS) is 11.1. The maximum absolute atomic E-state index is 12.4. The van der Waals surface area contributed by atoms with E-state index in [0.29, 0.717) is 0 Å². The summed E-state index contributed by atoms with van der Waals surface area (Å²) in [6.45, 7) is -0.239. The Kier molecular flexibility index (Phi) is 6.83. The molecular weight excluding hydrogens is 413 g/mol. The summed E-state index contributed by atoms with van der Waals surface area (Å²) in [6, 6.07) is 10.2. The lowest BCUT2D eigenvalue weighted by molar-refractivity contribution is -0.116. The van der Waals surface area contributed by atoms with E-state index in [9.17, 15) is 18.0 Å². The SMILES string of the molecule is CNS(=O)(=O)c1ccc(C(=O)N(C)CC(=O)Nc2c(Cl)cccc2Cl)cc1. The Hall–Kier alpha value is -2.13. The molecule has 144 valence electrons. The van der Waals surface area contributed by atoms with Crippen LogP contribution in [0.25, 0.3) is 0 Å². The quantitative estimate of drug-likeness (QED) is 0.737. The molecular formula is C17H17Cl2N3O4S. The predicted octanol–water partition coefficient (Wildman–Crippen LogP) is 2.61. The summed E-state index contributed by atoms with van der Waals surface area (Å²) >= 11 is 12.0. The molecule has 0 aliphatic heterocycles. The molecule has 0 radical (unpaired) electrons. The molecule has 2 N–H and O–H groups in total. The van der Waals surface area contributed by atoms with E-state index >= 15 is 0 Å². The van der Waals surface area contributed by atoms with Gasteiger partial charge in [-0.3, -0.25) is 9.59 Å². The van der Waals surface area contributed by atoms with Crippen molar-refractivity contribution in [2.75, 3.05) is 26.0 Å². The van der Waals surface area contributed by atoms with Crippen LogP contribution in [0.2, 0.25) is 10.0 Å². The number of carbonyl (C=O) groups excluding carboxylic acids is 2. The molecule has 0 saturated heterocycles. The van der Waals surface area contributed by atoms with Crippen molar-refractivity contribution in [2.45, 2.75) is 4.90 Å². The van der Waals surface area contributed by atoms with Crippen LogP contribution in [0.5, 0.6) is 0 Å². The van der Waals surface area contributed by atoms with Crippen molar-refractivity contribution >= 4 is 50.7 Å². The first-order valence-electron chi connectivity index (χ1n) is 7.68. The van der Waals surface area contributed by atoms with Crippen LogP contribution in [0.1, 0.15) is 10.4 Å². The Bertz CT molecular complexity index is 942. The Morgan fingerprint density at radius 1 is 1.04 bits per heavy atom. The highest BCUT2D eigenvalue weighted by atomic mass is 35.5. The minimum atomic E-state index is -3.59. The average Bonchev–Trinajstić information content (AvgIpc) is 2.64. The molecule has 0 aromatic heterocycles. The number of carbonyl (C=O) groups is 2. The first kappa shape index (κ1) is 21.2. The first-order chi connectivity index (χ1) is 12.7. The van der Waals surface area contributed by atoms with E-state index in [1.165, 1.54) is 43.3 Å². The summed E-state index contributed by atoms with van der Waals surface area (Å²) < 4.78 is 25.6. The van der Waals surface area contributed by atoms with Gasteiger partial charge in [-0.15, -0.1) is 0 Å². The fraction of sp³-hybridized carbons (Fsp3) is 0.176. The molecule has 0 fully saturated rings. The minimum absolute atomic E-state index is 0.0373. The highest BCUT2D eigenvalue weighted by Crippen LogP contribution is 2.29. The second-order valence-corrected chi connectivity index (χ2v) is 8.24. The van der Waals surface area contributed by atoms with Crippen LogP contribution in [0.4, 0.5) is 5.69 Å². The fourth-order valence-corrected chi connectivity index (χ4v) is 3.42. The van der Waals surface area contributed by atoms with E-state index in [4.69, 9.17) is 23.2 Å². The van der Waals surface area contributed by atoms with Gasteiger partial charge in [-0.05, 0) is 43.4 Å². The van der Waals surface area contributed by atoms with Gasteiger partial charge in [-0.2, -0.15) is 0 Å². The number of nitrogens with one attached hydrogen (secondary N) is 2. The summed E-state index contributed by atoms with van der Waals surface area (Å²) in [5.74, 6) is -0.918. The highest BCUT2D eigenvalue weighted by Gasteiger charge is 2.18. The summed E-state index contributed by atoms with van der Waals surface area (Å²) in [5, 5.41) is 3.14. The molecule has 0 aliphatic carbocycles. The standard InChI is InChI=1S/C17H17Cl2N3O4S/c1-20-27(25,26)12-8-6-11(7-9-12)17(24)22(2)10-15(23)21-16-13(18)4-3-5-14(16)19/h3-9,20H,10H2,1-2H3,(H,21,23).